The average molecular weight is 828 g/mol. The molecular formula is C41H52B2N3O10PSi. The van der Waals surface area contributed by atoms with Gasteiger partial charge in [-0.3, -0.25) is 9.59 Å². The SMILES string of the molecule is [B]P([B])O[C@@H]1C(N=[N+]=[N-])[C@@H](O[C@@H]2C(COC(C)=O)O[C@@H](OC(C)=O)C(C)[C@H]2OCc2ccccc2)OC(CO[Si](c2ccccc2)(c2ccccc2)C(C)(C)C)[C@H]1C. The van der Waals surface area contributed by atoms with Gasteiger partial charge in [-0.25, -0.2) is 0 Å². The summed E-state index contributed by atoms with van der Waals surface area (Å²) >= 11 is 0. The van der Waals surface area contributed by atoms with Gasteiger partial charge in [0.1, 0.15) is 40.0 Å². The fraction of sp³-hybridized carbons (Fsp3) is 0.512. The summed E-state index contributed by atoms with van der Waals surface area (Å²) in [5.41, 5.74) is 10.8. The minimum Gasteiger partial charge on any atom is -0.463 e. The van der Waals surface area contributed by atoms with Crippen molar-refractivity contribution in [1.29, 1.82) is 0 Å². The lowest BCUT2D eigenvalue weighted by Gasteiger charge is -2.50. The summed E-state index contributed by atoms with van der Waals surface area (Å²) in [6.45, 7) is 12.8. The molecule has 0 saturated carbocycles. The molecule has 2 aliphatic rings. The fourth-order valence-corrected chi connectivity index (χ4v) is 13.0. The summed E-state index contributed by atoms with van der Waals surface area (Å²) < 4.78 is 51.0. The molecule has 306 valence electrons. The minimum absolute atomic E-state index is 0.0983. The second-order valence-electron chi connectivity index (χ2n) is 15.7. The minimum atomic E-state index is -3.05. The van der Waals surface area contributed by atoms with E-state index in [0.29, 0.717) is 0 Å². The highest BCUT2D eigenvalue weighted by Crippen LogP contribution is 2.42. The molecule has 2 fully saturated rings. The van der Waals surface area contributed by atoms with Crippen molar-refractivity contribution < 1.29 is 47.0 Å². The van der Waals surface area contributed by atoms with E-state index in [1.165, 1.54) is 13.8 Å². The number of hydrogen-bond donors (Lipinski definition) is 0. The van der Waals surface area contributed by atoms with Crippen LogP contribution in [0.1, 0.15) is 54.0 Å². The summed E-state index contributed by atoms with van der Waals surface area (Å²) in [5, 5.41) is 5.95. The van der Waals surface area contributed by atoms with Crippen LogP contribution < -0.4 is 10.4 Å². The van der Waals surface area contributed by atoms with E-state index >= 15 is 0 Å². The number of benzene rings is 3. The Morgan fingerprint density at radius 2 is 1.36 bits per heavy atom. The van der Waals surface area contributed by atoms with Crippen LogP contribution in [0.3, 0.4) is 0 Å². The van der Waals surface area contributed by atoms with E-state index in [-0.39, 0.29) is 24.9 Å². The van der Waals surface area contributed by atoms with Crippen molar-refractivity contribution in [3.05, 3.63) is 107 Å². The summed E-state index contributed by atoms with van der Waals surface area (Å²) in [6, 6.07) is 28.9. The number of rotatable bonds is 16. The Bertz CT molecular complexity index is 1790. The van der Waals surface area contributed by atoms with Crippen LogP contribution in [0.25, 0.3) is 10.4 Å². The number of carbonyl (C=O) groups is 2. The van der Waals surface area contributed by atoms with Gasteiger partial charge in [-0.05, 0) is 26.5 Å². The van der Waals surface area contributed by atoms with E-state index in [2.05, 4.69) is 55.1 Å². The van der Waals surface area contributed by atoms with Gasteiger partial charge in [0.25, 0.3) is 8.32 Å². The summed E-state index contributed by atoms with van der Waals surface area (Å²) in [4.78, 5) is 27.5. The van der Waals surface area contributed by atoms with Crippen molar-refractivity contribution in [2.75, 3.05) is 13.2 Å². The van der Waals surface area contributed by atoms with Crippen LogP contribution in [0.4, 0.5) is 0 Å². The molecule has 2 aliphatic heterocycles. The summed E-state index contributed by atoms with van der Waals surface area (Å²) in [7, 11) is 7.22. The first-order valence-electron chi connectivity index (χ1n) is 19.3. The zero-order valence-electron chi connectivity index (χ0n) is 34.1. The molecule has 5 rings (SSSR count). The Balaban J connectivity index is 1.56. The highest BCUT2D eigenvalue weighted by Gasteiger charge is 2.54. The normalized spacial score (nSPS) is 27.7. The fourth-order valence-electron chi connectivity index (χ4n) is 7.81. The standard InChI is InChI=1S/C41H52B2N3O10PSi/c1-26-33(25-51-58(41(5,6)7,31-19-13-9-14-20-31)32-21-15-10-16-22-32)53-40(35(45-46-44)36(26)56-57(42)43)55-38-34(24-49-28(3)47)54-39(52-29(4)48)27(2)37(38)50-23-30-17-11-8-12-18-30/h8-22,26-27,33-40H,23-25H2,1-7H3/t26-,27?,33?,34?,35?,36+,37-,38-,39-,40-/m1/s1. The summed E-state index contributed by atoms with van der Waals surface area (Å²) in [6.07, 6.45) is -6.77. The molecule has 13 nitrogen and oxygen atoms in total. The van der Waals surface area contributed by atoms with Crippen LogP contribution in [0.15, 0.2) is 96.1 Å². The Kier molecular flexibility index (Phi) is 16.2. The molecule has 17 heteroatoms. The number of carbonyl (C=O) groups excluding carboxylic acids is 2. The van der Waals surface area contributed by atoms with Crippen LogP contribution in [0.2, 0.25) is 5.04 Å². The van der Waals surface area contributed by atoms with Gasteiger partial charge in [0.05, 0.1) is 31.5 Å². The summed E-state index contributed by atoms with van der Waals surface area (Å²) in [5.74, 6) is -2.17. The maximum atomic E-state index is 12.2. The lowest BCUT2D eigenvalue weighted by Crippen LogP contribution is -2.68. The maximum Gasteiger partial charge on any atom is 0.304 e. The van der Waals surface area contributed by atoms with Crippen LogP contribution in [-0.2, 0) is 53.6 Å². The molecule has 4 radical (unpaired) electrons. The number of ether oxygens (including phenoxy) is 6. The molecule has 0 amide bonds. The lowest BCUT2D eigenvalue weighted by atomic mass is 9.89. The van der Waals surface area contributed by atoms with Gasteiger partial charge < -0.3 is 37.4 Å². The van der Waals surface area contributed by atoms with Gasteiger partial charge >= 0.3 is 11.9 Å². The quantitative estimate of drug-likeness (QED) is 0.0419. The van der Waals surface area contributed by atoms with E-state index in [0.717, 1.165) is 15.9 Å². The van der Waals surface area contributed by atoms with Crippen LogP contribution in [0, 0.1) is 11.8 Å². The Hall–Kier alpha value is -3.55. The van der Waals surface area contributed by atoms with Crippen molar-refractivity contribution >= 4 is 53.7 Å². The third-order valence-electron chi connectivity index (χ3n) is 10.6. The first-order chi connectivity index (χ1) is 27.7. The van der Waals surface area contributed by atoms with Gasteiger partial charge in [0.15, 0.2) is 6.29 Å². The molecule has 3 aromatic carbocycles. The number of nitrogens with zero attached hydrogens (tertiary/aromatic N) is 3. The van der Waals surface area contributed by atoms with Gasteiger partial charge in [-0.15, -0.1) is 0 Å². The van der Waals surface area contributed by atoms with E-state index in [1.807, 2.05) is 73.7 Å². The van der Waals surface area contributed by atoms with Gasteiger partial charge in [-0.1, -0.05) is 139 Å². The molecular weight excluding hydrogens is 775 g/mol. The third kappa shape index (κ3) is 11.0. The van der Waals surface area contributed by atoms with Crippen molar-refractivity contribution in [2.45, 2.75) is 109 Å². The molecule has 2 heterocycles. The van der Waals surface area contributed by atoms with E-state index < -0.39 is 89.1 Å². The second-order valence-corrected chi connectivity index (χ2v) is 20.9. The van der Waals surface area contributed by atoms with E-state index in [9.17, 15) is 15.1 Å². The zero-order valence-corrected chi connectivity index (χ0v) is 36.0. The van der Waals surface area contributed by atoms with Crippen molar-refractivity contribution in [3.63, 3.8) is 0 Å². The highest BCUT2D eigenvalue weighted by molar-refractivity contribution is 7.97. The molecule has 2 saturated heterocycles. The number of hydrogen-bond acceptors (Lipinski definition) is 11. The zero-order chi connectivity index (χ0) is 42.0. The topological polar surface area (TPSA) is 157 Å². The average Bonchev–Trinajstić information content (AvgIpc) is 3.18. The smallest absolute Gasteiger partial charge is 0.304 e. The number of azide groups is 1. The van der Waals surface area contributed by atoms with Gasteiger partial charge in [0.2, 0.25) is 6.29 Å². The molecule has 0 aromatic heterocycles. The van der Waals surface area contributed by atoms with E-state index in [1.54, 1.807) is 6.92 Å². The number of esters is 2. The molecule has 0 spiro atoms. The predicted octanol–water partition coefficient (Wildman–Crippen LogP) is 6.01. The third-order valence-corrected chi connectivity index (χ3v) is 16.1. The largest absolute Gasteiger partial charge is 0.463 e. The van der Waals surface area contributed by atoms with Crippen LogP contribution in [-0.4, -0.2) is 97.7 Å². The molecule has 10 atom stereocenters. The molecule has 58 heavy (non-hydrogen) atoms. The predicted molar refractivity (Wildman–Crippen MR) is 224 cm³/mol. The van der Waals surface area contributed by atoms with Gasteiger partial charge in [-0.2, -0.15) is 0 Å². The van der Waals surface area contributed by atoms with Crippen LogP contribution >= 0.6 is 7.91 Å². The maximum absolute atomic E-state index is 12.2. The Labute approximate surface area is 346 Å². The molecule has 0 N–H and O–H groups in total. The Morgan fingerprint density at radius 1 is 0.793 bits per heavy atom. The molecule has 3 aromatic rings. The van der Waals surface area contributed by atoms with Crippen molar-refractivity contribution in [3.8, 4) is 0 Å². The molecule has 4 unspecified atom stereocenters. The van der Waals surface area contributed by atoms with Gasteiger partial charge in [0, 0.05) is 30.6 Å². The first kappa shape index (κ1) is 45.5. The van der Waals surface area contributed by atoms with Crippen molar-refractivity contribution in [2.24, 2.45) is 17.0 Å². The van der Waals surface area contributed by atoms with Crippen molar-refractivity contribution in [1.82, 2.24) is 0 Å². The first-order valence-corrected chi connectivity index (χ1v) is 22.6. The molecule has 0 bridgehead atoms. The monoisotopic (exact) mass is 827 g/mol. The second kappa shape index (κ2) is 20.6. The van der Waals surface area contributed by atoms with Crippen LogP contribution in [0.5, 0.6) is 0 Å². The molecule has 0 aliphatic carbocycles. The van der Waals surface area contributed by atoms with E-state index in [4.69, 9.17) is 52.5 Å². The lowest BCUT2D eigenvalue weighted by molar-refractivity contribution is -0.332. The highest BCUT2D eigenvalue weighted by atomic mass is 31.1. The Morgan fingerprint density at radius 3 is 1.88 bits per heavy atom.